The number of alkyl halides is 3. The van der Waals surface area contributed by atoms with Gasteiger partial charge in [0, 0.05) is 19.2 Å². The summed E-state index contributed by atoms with van der Waals surface area (Å²) in [6, 6.07) is 0.258. The Hall–Kier alpha value is -2.30. The Labute approximate surface area is 106 Å². The van der Waals surface area contributed by atoms with Gasteiger partial charge in [0.1, 0.15) is 5.82 Å². The van der Waals surface area contributed by atoms with Crippen LogP contribution in [0.4, 0.5) is 23.8 Å². The molecule has 1 aliphatic heterocycles. The number of amides is 2. The maximum atomic E-state index is 12.7. The van der Waals surface area contributed by atoms with Crippen molar-refractivity contribution >= 4 is 11.8 Å². The van der Waals surface area contributed by atoms with Gasteiger partial charge in [-0.2, -0.15) is 13.2 Å². The van der Waals surface area contributed by atoms with Crippen LogP contribution in [0.3, 0.4) is 0 Å². The molecule has 1 fully saturated rings. The Morgan fingerprint density at radius 3 is 2.68 bits per heavy atom. The predicted molar refractivity (Wildman–Crippen MR) is 60.3 cm³/mol. The van der Waals surface area contributed by atoms with Gasteiger partial charge in [0.05, 0.1) is 0 Å². The molecule has 0 radical (unpaired) electrons. The molecule has 2 heterocycles. The van der Waals surface area contributed by atoms with Gasteiger partial charge in [-0.3, -0.25) is 4.90 Å². The standard InChI is InChI=1S/C11H9F3N4O/c1-2-3-8-16-7(11(12,13)14)6-9(17-8)18-5-4-15-10(18)19/h6H,4-5H2,1H3,(H,15,19). The minimum atomic E-state index is -4.61. The van der Waals surface area contributed by atoms with E-state index in [1.54, 1.807) is 0 Å². The van der Waals surface area contributed by atoms with Crippen molar-refractivity contribution in [2.24, 2.45) is 0 Å². The number of nitrogens with zero attached hydrogens (tertiary/aromatic N) is 3. The summed E-state index contributed by atoms with van der Waals surface area (Å²) in [5.41, 5.74) is -1.12. The van der Waals surface area contributed by atoms with Gasteiger partial charge in [0.2, 0.25) is 5.82 Å². The van der Waals surface area contributed by atoms with Gasteiger partial charge >= 0.3 is 12.2 Å². The maximum Gasteiger partial charge on any atom is 0.433 e. The second kappa shape index (κ2) is 4.76. The zero-order valence-electron chi connectivity index (χ0n) is 9.88. The first-order valence-electron chi connectivity index (χ1n) is 5.36. The smallest absolute Gasteiger partial charge is 0.336 e. The van der Waals surface area contributed by atoms with Crippen molar-refractivity contribution in [3.05, 3.63) is 17.6 Å². The van der Waals surface area contributed by atoms with Crippen molar-refractivity contribution in [3.63, 3.8) is 0 Å². The first kappa shape index (κ1) is 13.1. The molecule has 8 heteroatoms. The predicted octanol–water partition coefficient (Wildman–Crippen LogP) is 1.40. The quantitative estimate of drug-likeness (QED) is 0.785. The highest BCUT2D eigenvalue weighted by Crippen LogP contribution is 2.29. The summed E-state index contributed by atoms with van der Waals surface area (Å²) in [5, 5.41) is 2.49. The van der Waals surface area contributed by atoms with E-state index in [2.05, 4.69) is 27.1 Å². The summed E-state index contributed by atoms with van der Waals surface area (Å²) in [7, 11) is 0. The fourth-order valence-electron chi connectivity index (χ4n) is 1.58. The van der Waals surface area contributed by atoms with E-state index in [0.29, 0.717) is 6.54 Å². The molecule has 0 bridgehead atoms. The third-order valence-corrected chi connectivity index (χ3v) is 2.37. The van der Waals surface area contributed by atoms with Crippen LogP contribution in [0.15, 0.2) is 6.07 Å². The lowest BCUT2D eigenvalue weighted by Crippen LogP contribution is -2.29. The SMILES string of the molecule is CC#Cc1nc(N2CCNC2=O)cc(C(F)(F)F)n1. The third kappa shape index (κ3) is 2.76. The lowest BCUT2D eigenvalue weighted by Gasteiger charge is -2.15. The van der Waals surface area contributed by atoms with Gasteiger partial charge in [-0.15, -0.1) is 0 Å². The Morgan fingerprint density at radius 1 is 1.42 bits per heavy atom. The molecule has 0 saturated carbocycles. The maximum absolute atomic E-state index is 12.7. The molecule has 1 aromatic rings. The van der Waals surface area contributed by atoms with Gasteiger partial charge in [0.25, 0.3) is 0 Å². The third-order valence-electron chi connectivity index (χ3n) is 2.37. The minimum Gasteiger partial charge on any atom is -0.336 e. The zero-order valence-corrected chi connectivity index (χ0v) is 9.88. The summed E-state index contributed by atoms with van der Waals surface area (Å²) in [6.45, 7) is 2.08. The number of urea groups is 1. The average molecular weight is 270 g/mol. The lowest BCUT2D eigenvalue weighted by atomic mass is 10.3. The van der Waals surface area contributed by atoms with E-state index in [-0.39, 0.29) is 18.2 Å². The van der Waals surface area contributed by atoms with E-state index in [4.69, 9.17) is 0 Å². The molecule has 0 spiro atoms. The summed E-state index contributed by atoms with van der Waals surface area (Å²) in [6.07, 6.45) is -4.61. The summed E-state index contributed by atoms with van der Waals surface area (Å²) in [5.74, 6) is 4.44. The molecular weight excluding hydrogens is 261 g/mol. The normalized spacial score (nSPS) is 14.9. The molecule has 1 aliphatic rings. The van der Waals surface area contributed by atoms with Crippen molar-refractivity contribution < 1.29 is 18.0 Å². The van der Waals surface area contributed by atoms with Crippen LogP contribution in [-0.2, 0) is 6.18 Å². The van der Waals surface area contributed by atoms with Crippen LogP contribution in [0, 0.1) is 11.8 Å². The minimum absolute atomic E-state index is 0.102. The van der Waals surface area contributed by atoms with E-state index < -0.39 is 17.9 Å². The molecular formula is C11H9F3N4O. The monoisotopic (exact) mass is 270 g/mol. The van der Waals surface area contributed by atoms with Crippen molar-refractivity contribution in [1.29, 1.82) is 0 Å². The van der Waals surface area contributed by atoms with E-state index in [0.717, 1.165) is 11.0 Å². The highest BCUT2D eigenvalue weighted by Gasteiger charge is 2.35. The molecule has 1 N–H and O–H groups in total. The Bertz CT molecular complexity index is 574. The number of carbonyl (C=O) groups excluding carboxylic acids is 1. The van der Waals surface area contributed by atoms with E-state index in [9.17, 15) is 18.0 Å². The molecule has 100 valence electrons. The number of aromatic nitrogens is 2. The number of hydrogen-bond donors (Lipinski definition) is 1. The topological polar surface area (TPSA) is 58.1 Å². The highest BCUT2D eigenvalue weighted by molar-refractivity contribution is 5.93. The van der Waals surface area contributed by atoms with Gasteiger partial charge in [-0.1, -0.05) is 5.92 Å². The van der Waals surface area contributed by atoms with Crippen molar-refractivity contribution in [2.45, 2.75) is 13.1 Å². The average Bonchev–Trinajstić information content (AvgIpc) is 2.74. The number of carbonyl (C=O) groups is 1. The van der Waals surface area contributed by atoms with Crippen LogP contribution in [0.25, 0.3) is 0 Å². The molecule has 0 aliphatic carbocycles. The largest absolute Gasteiger partial charge is 0.433 e. The number of nitrogens with one attached hydrogen (secondary N) is 1. The summed E-state index contributed by atoms with van der Waals surface area (Å²) < 4.78 is 38.1. The molecule has 19 heavy (non-hydrogen) atoms. The van der Waals surface area contributed by atoms with Crippen molar-refractivity contribution in [3.8, 4) is 11.8 Å². The first-order chi connectivity index (χ1) is 8.91. The second-order valence-electron chi connectivity index (χ2n) is 3.69. The number of hydrogen-bond acceptors (Lipinski definition) is 3. The molecule has 0 unspecified atom stereocenters. The van der Waals surface area contributed by atoms with Crippen molar-refractivity contribution in [2.75, 3.05) is 18.0 Å². The summed E-state index contributed by atoms with van der Waals surface area (Å²) >= 11 is 0. The van der Waals surface area contributed by atoms with Crippen LogP contribution >= 0.6 is 0 Å². The Balaban J connectivity index is 2.50. The Kier molecular flexibility index (Phi) is 3.29. The van der Waals surface area contributed by atoms with Crippen LogP contribution in [0.5, 0.6) is 0 Å². The highest BCUT2D eigenvalue weighted by atomic mass is 19.4. The van der Waals surface area contributed by atoms with E-state index in [1.807, 2.05) is 0 Å². The fourth-order valence-corrected chi connectivity index (χ4v) is 1.58. The molecule has 0 aromatic carbocycles. The number of anilines is 1. The molecule has 1 aromatic heterocycles. The van der Waals surface area contributed by atoms with Crippen molar-refractivity contribution in [1.82, 2.24) is 15.3 Å². The molecule has 2 rings (SSSR count). The van der Waals surface area contributed by atoms with Crippen LogP contribution < -0.4 is 10.2 Å². The Morgan fingerprint density at radius 2 is 2.16 bits per heavy atom. The first-order valence-corrected chi connectivity index (χ1v) is 5.36. The fraction of sp³-hybridized carbons (Fsp3) is 0.364. The molecule has 1 saturated heterocycles. The molecule has 2 amide bonds. The van der Waals surface area contributed by atoms with Gasteiger partial charge in [0.15, 0.2) is 5.69 Å². The van der Waals surface area contributed by atoms with Gasteiger partial charge in [-0.05, 0) is 12.8 Å². The lowest BCUT2D eigenvalue weighted by molar-refractivity contribution is -0.141. The number of rotatable bonds is 1. The second-order valence-corrected chi connectivity index (χ2v) is 3.69. The number of halogens is 3. The van der Waals surface area contributed by atoms with Crippen LogP contribution in [0.1, 0.15) is 18.4 Å². The molecule has 5 nitrogen and oxygen atoms in total. The van der Waals surface area contributed by atoms with Crippen LogP contribution in [0.2, 0.25) is 0 Å². The molecule has 0 atom stereocenters. The van der Waals surface area contributed by atoms with E-state index in [1.165, 1.54) is 6.92 Å². The van der Waals surface area contributed by atoms with Gasteiger partial charge < -0.3 is 5.32 Å². The van der Waals surface area contributed by atoms with Crippen LogP contribution in [-0.4, -0.2) is 29.1 Å². The summed E-state index contributed by atoms with van der Waals surface area (Å²) in [4.78, 5) is 19.7. The van der Waals surface area contributed by atoms with E-state index >= 15 is 0 Å². The van der Waals surface area contributed by atoms with Gasteiger partial charge in [-0.25, -0.2) is 14.8 Å². The zero-order chi connectivity index (χ0) is 14.0.